The smallest absolute Gasteiger partial charge is 0.317 e. The molecule has 1 aromatic heterocycles. The van der Waals surface area contributed by atoms with E-state index in [2.05, 4.69) is 10.6 Å². The van der Waals surface area contributed by atoms with Gasteiger partial charge in [0.2, 0.25) is 5.91 Å². The summed E-state index contributed by atoms with van der Waals surface area (Å²) in [5.41, 5.74) is 1.09. The van der Waals surface area contributed by atoms with E-state index in [9.17, 15) is 9.59 Å². The van der Waals surface area contributed by atoms with Crippen LogP contribution in [0.5, 0.6) is 0 Å². The molecule has 1 aliphatic heterocycles. The Labute approximate surface area is 157 Å². The second-order valence-corrected chi connectivity index (χ2v) is 8.26. The molecule has 2 fully saturated rings. The zero-order valence-electron chi connectivity index (χ0n) is 14.6. The van der Waals surface area contributed by atoms with Crippen LogP contribution in [-0.4, -0.2) is 29.9 Å². The average molecular weight is 369 g/mol. The molecule has 5 nitrogen and oxygen atoms in total. The van der Waals surface area contributed by atoms with Gasteiger partial charge >= 0.3 is 6.03 Å². The number of nitrogens with zero attached hydrogens (tertiary/aromatic N) is 1. The second kappa shape index (κ2) is 7.11. The molecule has 1 saturated carbocycles. The first-order valence-electron chi connectivity index (χ1n) is 9.03. The number of amides is 3. The number of thiophene rings is 1. The van der Waals surface area contributed by atoms with Gasteiger partial charge in [0.05, 0.1) is 6.54 Å². The van der Waals surface area contributed by atoms with Gasteiger partial charge in [-0.25, -0.2) is 4.79 Å². The molecule has 1 aromatic carbocycles. The highest BCUT2D eigenvalue weighted by Crippen LogP contribution is 2.58. The lowest BCUT2D eigenvalue weighted by molar-refractivity contribution is -0.123. The molecule has 2 atom stereocenters. The first-order valence-corrected chi connectivity index (χ1v) is 9.91. The van der Waals surface area contributed by atoms with Gasteiger partial charge in [-0.15, -0.1) is 11.3 Å². The molecule has 0 unspecified atom stereocenters. The van der Waals surface area contributed by atoms with Gasteiger partial charge in [0, 0.05) is 35.8 Å². The first-order chi connectivity index (χ1) is 12.7. The lowest BCUT2D eigenvalue weighted by atomic mass is 10.0. The van der Waals surface area contributed by atoms with Crippen molar-refractivity contribution >= 4 is 23.3 Å². The van der Waals surface area contributed by atoms with Gasteiger partial charge in [-0.2, -0.15) is 0 Å². The molecule has 0 bridgehead atoms. The Balaban J connectivity index is 1.24. The van der Waals surface area contributed by atoms with Crippen molar-refractivity contribution in [1.29, 1.82) is 0 Å². The van der Waals surface area contributed by atoms with Gasteiger partial charge in [0.25, 0.3) is 0 Å². The van der Waals surface area contributed by atoms with E-state index >= 15 is 0 Å². The van der Waals surface area contributed by atoms with Crippen LogP contribution in [0.2, 0.25) is 0 Å². The average Bonchev–Trinajstić information content (AvgIpc) is 3.02. The van der Waals surface area contributed by atoms with Crippen molar-refractivity contribution in [2.45, 2.75) is 25.9 Å². The maximum absolute atomic E-state index is 12.4. The monoisotopic (exact) mass is 369 g/mol. The Hall–Kier alpha value is -2.34. The largest absolute Gasteiger partial charge is 0.351 e. The Morgan fingerprint density at radius 3 is 2.73 bits per heavy atom. The number of rotatable bonds is 5. The quantitative estimate of drug-likeness (QED) is 0.851. The van der Waals surface area contributed by atoms with Crippen LogP contribution in [0.15, 0.2) is 47.8 Å². The highest BCUT2D eigenvalue weighted by Gasteiger charge is 2.61. The second-order valence-electron chi connectivity index (χ2n) is 7.23. The van der Waals surface area contributed by atoms with Gasteiger partial charge in [0.15, 0.2) is 0 Å². The predicted octanol–water partition coefficient (Wildman–Crippen LogP) is 2.99. The van der Waals surface area contributed by atoms with Crippen LogP contribution >= 0.6 is 11.3 Å². The van der Waals surface area contributed by atoms with E-state index < -0.39 is 0 Å². The Morgan fingerprint density at radius 1 is 1.12 bits per heavy atom. The topological polar surface area (TPSA) is 61.4 Å². The van der Waals surface area contributed by atoms with Gasteiger partial charge < -0.3 is 15.5 Å². The highest BCUT2D eigenvalue weighted by atomic mass is 32.1. The Bertz CT molecular complexity index is 778. The number of likely N-dealkylation sites (tertiary alicyclic amines) is 1. The molecular weight excluding hydrogens is 346 g/mol. The fraction of sp³-hybridized carbons (Fsp3) is 0.400. The summed E-state index contributed by atoms with van der Waals surface area (Å²) >= 11 is 1.65. The van der Waals surface area contributed by atoms with Crippen LogP contribution in [0.25, 0.3) is 0 Å². The maximum atomic E-state index is 12.4. The Kier molecular flexibility index (Phi) is 4.68. The van der Waals surface area contributed by atoms with Crippen LogP contribution in [0.3, 0.4) is 0 Å². The summed E-state index contributed by atoms with van der Waals surface area (Å²) in [5, 5.41) is 8.04. The van der Waals surface area contributed by atoms with Crippen LogP contribution in [-0.2, 0) is 17.9 Å². The molecule has 1 spiro atoms. The summed E-state index contributed by atoms with van der Waals surface area (Å²) < 4.78 is 0. The molecule has 4 rings (SSSR count). The third kappa shape index (κ3) is 3.60. The molecule has 2 N–H and O–H groups in total. The third-order valence-electron chi connectivity index (χ3n) is 5.48. The molecule has 1 aliphatic carbocycles. The first kappa shape index (κ1) is 17.1. The van der Waals surface area contributed by atoms with Gasteiger partial charge in [-0.3, -0.25) is 4.79 Å². The summed E-state index contributed by atoms with van der Waals surface area (Å²) in [7, 11) is 0. The van der Waals surface area contributed by atoms with E-state index in [1.54, 1.807) is 11.3 Å². The van der Waals surface area contributed by atoms with Crippen LogP contribution in [0.1, 0.15) is 23.3 Å². The number of urea groups is 1. The summed E-state index contributed by atoms with van der Waals surface area (Å²) in [6, 6.07) is 13.9. The fourth-order valence-electron chi connectivity index (χ4n) is 3.83. The van der Waals surface area contributed by atoms with Crippen molar-refractivity contribution < 1.29 is 9.59 Å². The van der Waals surface area contributed by atoms with Gasteiger partial charge in [0.1, 0.15) is 0 Å². The maximum Gasteiger partial charge on any atom is 0.317 e. The number of carbonyl (C=O) groups is 2. The molecule has 2 aromatic rings. The molecule has 2 heterocycles. The molecule has 136 valence electrons. The minimum Gasteiger partial charge on any atom is -0.351 e. The fourth-order valence-corrected chi connectivity index (χ4v) is 4.48. The van der Waals surface area contributed by atoms with Crippen molar-refractivity contribution in [3.8, 4) is 0 Å². The molecule has 26 heavy (non-hydrogen) atoms. The number of hydrogen-bond donors (Lipinski definition) is 2. The molecule has 1 saturated heterocycles. The molecule has 6 heteroatoms. The van der Waals surface area contributed by atoms with Crippen LogP contribution in [0.4, 0.5) is 4.79 Å². The van der Waals surface area contributed by atoms with E-state index in [1.165, 1.54) is 4.88 Å². The SMILES string of the molecule is O=C(NCc1cccs1)[C@@H]1C[C@@]12CCN(C(=O)NCc1ccccc1)C2. The predicted molar refractivity (Wildman–Crippen MR) is 102 cm³/mol. The number of benzene rings is 1. The van der Waals surface area contributed by atoms with E-state index in [1.807, 2.05) is 52.7 Å². The van der Waals surface area contributed by atoms with Gasteiger partial charge in [-0.1, -0.05) is 36.4 Å². The van der Waals surface area contributed by atoms with Crippen molar-refractivity contribution in [1.82, 2.24) is 15.5 Å². The van der Waals surface area contributed by atoms with Crippen molar-refractivity contribution in [3.05, 3.63) is 58.3 Å². The molecule has 0 radical (unpaired) electrons. The third-order valence-corrected chi connectivity index (χ3v) is 6.36. The lowest BCUT2D eigenvalue weighted by Crippen LogP contribution is -2.38. The van der Waals surface area contributed by atoms with Crippen LogP contribution in [0, 0.1) is 11.3 Å². The molecule has 3 amide bonds. The minimum atomic E-state index is -0.0321. The minimum absolute atomic E-state index is 0.00359. The van der Waals surface area contributed by atoms with Crippen molar-refractivity contribution in [2.24, 2.45) is 11.3 Å². The van der Waals surface area contributed by atoms with E-state index in [4.69, 9.17) is 0 Å². The van der Waals surface area contributed by atoms with Gasteiger partial charge in [-0.05, 0) is 29.9 Å². The highest BCUT2D eigenvalue weighted by molar-refractivity contribution is 7.09. The standard InChI is InChI=1S/C20H23N3O2S/c24-18(21-13-16-7-4-10-26-16)17-11-20(17)8-9-23(14-20)19(25)22-12-15-5-2-1-3-6-15/h1-7,10,17H,8-9,11-14H2,(H,21,24)(H,22,25)/t17-,20+/m0/s1. The zero-order valence-corrected chi connectivity index (χ0v) is 15.4. The van der Waals surface area contributed by atoms with Crippen LogP contribution < -0.4 is 10.6 Å². The van der Waals surface area contributed by atoms with E-state index in [-0.39, 0.29) is 23.3 Å². The summed E-state index contributed by atoms with van der Waals surface area (Å²) in [4.78, 5) is 27.9. The number of carbonyl (C=O) groups excluding carboxylic acids is 2. The van der Waals surface area contributed by atoms with Crippen molar-refractivity contribution in [3.63, 3.8) is 0 Å². The molecular formula is C20H23N3O2S. The van der Waals surface area contributed by atoms with E-state index in [0.29, 0.717) is 19.6 Å². The summed E-state index contributed by atoms with van der Waals surface area (Å²) in [6.07, 6.45) is 1.81. The Morgan fingerprint density at radius 2 is 1.96 bits per heavy atom. The normalized spacial score (nSPS) is 23.8. The van der Waals surface area contributed by atoms with Crippen molar-refractivity contribution in [2.75, 3.05) is 13.1 Å². The lowest BCUT2D eigenvalue weighted by Gasteiger charge is -2.17. The molecule has 2 aliphatic rings. The number of nitrogens with one attached hydrogen (secondary N) is 2. The number of hydrogen-bond acceptors (Lipinski definition) is 3. The summed E-state index contributed by atoms with van der Waals surface area (Å²) in [6.45, 7) is 2.55. The summed E-state index contributed by atoms with van der Waals surface area (Å²) in [5.74, 6) is 0.180. The van der Waals surface area contributed by atoms with E-state index in [0.717, 1.165) is 24.9 Å². The zero-order chi connectivity index (χ0) is 18.0.